The number of carbonyl (C=O) groups excluding carboxylic acids is 4. The van der Waals surface area contributed by atoms with Gasteiger partial charge < -0.3 is 19.3 Å². The zero-order valence-corrected chi connectivity index (χ0v) is 19.6. The molecular formula is C25H23B2N3O6. The van der Waals surface area contributed by atoms with Crippen LogP contribution in [0.4, 0.5) is 0 Å². The molecule has 2 atom stereocenters. The summed E-state index contributed by atoms with van der Waals surface area (Å²) in [6, 6.07) is 9.97. The minimum atomic E-state index is -0.941. The van der Waals surface area contributed by atoms with E-state index < -0.39 is 23.8 Å². The summed E-state index contributed by atoms with van der Waals surface area (Å²) in [6.45, 7) is 1.90. The number of hydrogen-bond acceptors (Lipinski definition) is 6. The highest BCUT2D eigenvalue weighted by atomic mass is 16.5. The molecule has 2 aromatic carbocycles. The van der Waals surface area contributed by atoms with Crippen LogP contribution in [0, 0.1) is 0 Å². The van der Waals surface area contributed by atoms with Gasteiger partial charge in [-0.25, -0.2) is 0 Å². The summed E-state index contributed by atoms with van der Waals surface area (Å²) in [5, 5.41) is 2.27. The van der Waals surface area contributed by atoms with Crippen molar-refractivity contribution in [2.24, 2.45) is 0 Å². The van der Waals surface area contributed by atoms with Crippen molar-refractivity contribution in [3.8, 4) is 5.75 Å². The number of carbonyl (C=O) groups is 4. The van der Waals surface area contributed by atoms with Crippen molar-refractivity contribution in [1.29, 1.82) is 0 Å². The third kappa shape index (κ3) is 4.51. The molecule has 4 radical (unpaired) electrons. The maximum absolute atomic E-state index is 13.1. The van der Waals surface area contributed by atoms with Crippen molar-refractivity contribution in [2.45, 2.75) is 38.0 Å². The van der Waals surface area contributed by atoms with E-state index in [2.05, 4.69) is 5.32 Å². The molecule has 9 nitrogen and oxygen atoms in total. The van der Waals surface area contributed by atoms with Gasteiger partial charge in [0, 0.05) is 36.6 Å². The molecule has 3 aliphatic heterocycles. The summed E-state index contributed by atoms with van der Waals surface area (Å²) in [7, 11) is 12.6. The zero-order chi connectivity index (χ0) is 25.4. The lowest BCUT2D eigenvalue weighted by Crippen LogP contribution is -2.53. The van der Waals surface area contributed by atoms with Gasteiger partial charge in [-0.3, -0.25) is 24.5 Å². The van der Waals surface area contributed by atoms with Gasteiger partial charge in [0.05, 0.1) is 6.61 Å². The molecule has 4 amide bonds. The number of benzene rings is 2. The van der Waals surface area contributed by atoms with Crippen LogP contribution >= 0.6 is 0 Å². The van der Waals surface area contributed by atoms with Crippen molar-refractivity contribution in [2.75, 3.05) is 19.8 Å². The predicted octanol–water partition coefficient (Wildman–Crippen LogP) is -0.154. The molecule has 2 unspecified atom stereocenters. The van der Waals surface area contributed by atoms with Crippen molar-refractivity contribution >= 4 is 44.8 Å². The number of ether oxygens (including phenoxy) is 2. The fraction of sp³-hybridized carbons (Fsp3) is 0.360. The summed E-state index contributed by atoms with van der Waals surface area (Å²) in [5.74, 6) is -1.99. The Hall–Kier alpha value is -3.59. The first-order valence-electron chi connectivity index (χ1n) is 11.7. The van der Waals surface area contributed by atoms with Gasteiger partial charge in [0.15, 0.2) is 0 Å². The van der Waals surface area contributed by atoms with Crippen molar-refractivity contribution in [3.05, 3.63) is 58.7 Å². The highest BCUT2D eigenvalue weighted by Gasteiger charge is 2.44. The van der Waals surface area contributed by atoms with Crippen LogP contribution in [0.3, 0.4) is 0 Å². The van der Waals surface area contributed by atoms with Crippen LogP contribution in [-0.2, 0) is 32.3 Å². The van der Waals surface area contributed by atoms with Gasteiger partial charge in [-0.1, -0.05) is 35.8 Å². The highest BCUT2D eigenvalue weighted by molar-refractivity contribution is 6.35. The molecule has 36 heavy (non-hydrogen) atoms. The summed E-state index contributed by atoms with van der Waals surface area (Å²) in [4.78, 5) is 52.1. The number of hydrogen-bond donors (Lipinski definition) is 1. The van der Waals surface area contributed by atoms with Crippen molar-refractivity contribution in [3.63, 3.8) is 0 Å². The van der Waals surface area contributed by atoms with Crippen LogP contribution in [0.25, 0.3) is 0 Å². The van der Waals surface area contributed by atoms with Gasteiger partial charge in [-0.2, -0.15) is 0 Å². The Kier molecular flexibility index (Phi) is 6.57. The summed E-state index contributed by atoms with van der Waals surface area (Å²) < 4.78 is 11.2. The number of nitrogens with one attached hydrogen (secondary N) is 1. The lowest BCUT2D eigenvalue weighted by Gasteiger charge is -2.33. The predicted molar refractivity (Wildman–Crippen MR) is 130 cm³/mol. The summed E-state index contributed by atoms with van der Waals surface area (Å²) in [6.07, 6.45) is 0.330. The van der Waals surface area contributed by atoms with Gasteiger partial charge in [-0.15, -0.1) is 0 Å². The minimum Gasteiger partial charge on any atom is -0.489 e. The third-order valence-corrected chi connectivity index (χ3v) is 6.70. The second-order valence-corrected chi connectivity index (χ2v) is 9.04. The largest absolute Gasteiger partial charge is 0.489 e. The van der Waals surface area contributed by atoms with Crippen molar-refractivity contribution < 1.29 is 28.7 Å². The molecule has 5 rings (SSSR count). The van der Waals surface area contributed by atoms with E-state index in [1.807, 2.05) is 24.3 Å². The first-order chi connectivity index (χ1) is 17.3. The molecule has 0 saturated carbocycles. The van der Waals surface area contributed by atoms with Crippen LogP contribution in [0.15, 0.2) is 36.4 Å². The van der Waals surface area contributed by atoms with E-state index in [0.717, 1.165) is 11.1 Å². The Bertz CT molecular complexity index is 1240. The number of nitrogens with zero attached hydrogens (tertiary/aromatic N) is 2. The van der Waals surface area contributed by atoms with E-state index in [1.54, 1.807) is 17.0 Å². The standard InChI is InChI=1S/C25H23B2N3O6/c26-17-6-5-16-21(23(27)30(25(16)34)18-7-8-19(31)28-24(18)33)22(17)36-12-15-3-1-14(2-4-15)11-29-9-10-35-13-20(29)32/h1-6,18,23H,7-13H2,(H,28,31,33). The highest BCUT2D eigenvalue weighted by Crippen LogP contribution is 2.39. The summed E-state index contributed by atoms with van der Waals surface area (Å²) >= 11 is 0. The maximum Gasteiger partial charge on any atom is 0.254 e. The van der Waals surface area contributed by atoms with Crippen LogP contribution in [-0.4, -0.2) is 74.9 Å². The molecule has 2 fully saturated rings. The van der Waals surface area contributed by atoms with E-state index >= 15 is 0 Å². The molecular weight excluding hydrogens is 460 g/mol. The molecule has 3 aliphatic rings. The van der Waals surface area contributed by atoms with Crippen LogP contribution in [0.2, 0.25) is 0 Å². The van der Waals surface area contributed by atoms with Crippen LogP contribution in [0.1, 0.15) is 45.8 Å². The SMILES string of the molecule is [B]c1ccc2c(c1OCc1ccc(CN3CCOCC3=O)cc1)C([B])N(C1CCC(=O)NC1=O)C2=O. The maximum atomic E-state index is 13.1. The number of fused-ring (bicyclic) bond motifs is 1. The fourth-order valence-corrected chi connectivity index (χ4v) is 4.78. The van der Waals surface area contributed by atoms with Crippen LogP contribution in [0.5, 0.6) is 5.75 Å². The number of rotatable bonds is 6. The van der Waals surface area contributed by atoms with Gasteiger partial charge in [0.25, 0.3) is 5.91 Å². The molecule has 0 aromatic heterocycles. The lowest BCUT2D eigenvalue weighted by molar-refractivity contribution is -0.143. The smallest absolute Gasteiger partial charge is 0.254 e. The second kappa shape index (κ2) is 9.81. The molecule has 0 spiro atoms. The monoisotopic (exact) mass is 483 g/mol. The van der Waals surface area contributed by atoms with E-state index in [-0.39, 0.29) is 37.9 Å². The second-order valence-electron chi connectivity index (χ2n) is 9.04. The van der Waals surface area contributed by atoms with Crippen molar-refractivity contribution in [1.82, 2.24) is 15.1 Å². The number of morpholine rings is 1. The Labute approximate surface area is 210 Å². The summed E-state index contributed by atoms with van der Waals surface area (Å²) in [5.41, 5.74) is 2.92. The normalized spacial score (nSPS) is 22.0. The molecule has 2 saturated heterocycles. The molecule has 3 heterocycles. The van der Waals surface area contributed by atoms with Gasteiger partial charge >= 0.3 is 0 Å². The van der Waals surface area contributed by atoms with E-state index in [9.17, 15) is 19.2 Å². The Morgan fingerprint density at radius 3 is 2.53 bits per heavy atom. The molecule has 0 aliphatic carbocycles. The molecule has 1 N–H and O–H groups in total. The first-order valence-corrected chi connectivity index (χ1v) is 11.7. The van der Waals surface area contributed by atoms with E-state index in [1.165, 1.54) is 4.90 Å². The van der Waals surface area contributed by atoms with E-state index in [4.69, 9.17) is 25.2 Å². The lowest BCUT2D eigenvalue weighted by atomic mass is 9.82. The van der Waals surface area contributed by atoms with E-state index in [0.29, 0.717) is 42.0 Å². The molecule has 0 bridgehead atoms. The number of piperidine rings is 1. The number of amides is 4. The third-order valence-electron chi connectivity index (χ3n) is 6.70. The quantitative estimate of drug-likeness (QED) is 0.453. The zero-order valence-electron chi connectivity index (χ0n) is 19.6. The van der Waals surface area contributed by atoms with Gasteiger partial charge in [-0.05, 0) is 23.6 Å². The van der Waals surface area contributed by atoms with Gasteiger partial charge in [0.2, 0.25) is 17.7 Å². The molecule has 2 aromatic rings. The van der Waals surface area contributed by atoms with Crippen LogP contribution < -0.4 is 15.5 Å². The topological polar surface area (TPSA) is 105 Å². The Balaban J connectivity index is 1.30. The first kappa shape index (κ1) is 24.1. The minimum absolute atomic E-state index is 0.0284. The Morgan fingerprint density at radius 2 is 1.81 bits per heavy atom. The number of imide groups is 1. The average molecular weight is 483 g/mol. The molecule has 11 heteroatoms. The Morgan fingerprint density at radius 1 is 1.06 bits per heavy atom. The fourth-order valence-electron chi connectivity index (χ4n) is 4.78. The molecule has 180 valence electrons. The average Bonchev–Trinajstić information content (AvgIpc) is 3.11. The van der Waals surface area contributed by atoms with Gasteiger partial charge in [0.1, 0.15) is 40.7 Å².